The molecule has 1 aromatic rings. The number of hydrogen-bond donors (Lipinski definition) is 1. The van der Waals surface area contributed by atoms with Crippen LogP contribution in [0.15, 0.2) is 0 Å². The van der Waals surface area contributed by atoms with Crippen molar-refractivity contribution >= 4 is 5.91 Å². The molecule has 1 N–H and O–H groups in total. The number of carbonyl (C=O) groups excluding carboxylic acids is 1. The molecule has 0 bridgehead atoms. The standard InChI is InChI=1S/C14H24N4O/c1-5-7-18-12(4)13(11(3)16-18)14(19)17-8-6-15-10(2)9-17/h10,15H,5-9H2,1-4H3. The zero-order chi connectivity index (χ0) is 14.0. The summed E-state index contributed by atoms with van der Waals surface area (Å²) >= 11 is 0. The van der Waals surface area contributed by atoms with Crippen molar-refractivity contribution in [3.63, 3.8) is 0 Å². The first-order valence-corrected chi connectivity index (χ1v) is 7.11. The van der Waals surface area contributed by atoms with E-state index in [0.29, 0.717) is 6.04 Å². The van der Waals surface area contributed by atoms with Gasteiger partial charge in [0, 0.05) is 37.9 Å². The number of rotatable bonds is 3. The van der Waals surface area contributed by atoms with Crippen LogP contribution in [0.5, 0.6) is 0 Å². The topological polar surface area (TPSA) is 50.2 Å². The van der Waals surface area contributed by atoms with Crippen molar-refractivity contribution < 1.29 is 4.79 Å². The Labute approximate surface area is 115 Å². The van der Waals surface area contributed by atoms with Crippen LogP contribution in [0.25, 0.3) is 0 Å². The van der Waals surface area contributed by atoms with Crippen molar-refractivity contribution in [3.05, 3.63) is 17.0 Å². The van der Waals surface area contributed by atoms with Crippen LogP contribution >= 0.6 is 0 Å². The molecule has 1 unspecified atom stereocenters. The Balaban J connectivity index is 2.23. The first kappa shape index (κ1) is 14.1. The van der Waals surface area contributed by atoms with Gasteiger partial charge in [-0.25, -0.2) is 0 Å². The maximum absolute atomic E-state index is 12.6. The summed E-state index contributed by atoms with van der Waals surface area (Å²) in [6, 6.07) is 0.365. The van der Waals surface area contributed by atoms with Gasteiger partial charge in [-0.1, -0.05) is 6.92 Å². The quantitative estimate of drug-likeness (QED) is 0.896. The molecule has 1 amide bonds. The Bertz CT molecular complexity index is 466. The fourth-order valence-corrected chi connectivity index (χ4v) is 2.71. The third-order valence-electron chi connectivity index (χ3n) is 3.69. The summed E-state index contributed by atoms with van der Waals surface area (Å²) in [4.78, 5) is 14.6. The van der Waals surface area contributed by atoms with E-state index in [9.17, 15) is 4.79 Å². The fourth-order valence-electron chi connectivity index (χ4n) is 2.71. The zero-order valence-corrected chi connectivity index (χ0v) is 12.4. The molecule has 0 spiro atoms. The third kappa shape index (κ3) is 2.81. The summed E-state index contributed by atoms with van der Waals surface area (Å²) in [5.74, 6) is 0.130. The number of carbonyl (C=O) groups is 1. The first-order valence-electron chi connectivity index (χ1n) is 7.11. The summed E-state index contributed by atoms with van der Waals surface area (Å²) in [5.41, 5.74) is 2.64. The van der Waals surface area contributed by atoms with E-state index in [1.165, 1.54) is 0 Å². The SMILES string of the molecule is CCCn1nc(C)c(C(=O)N2CCNC(C)C2)c1C. The second kappa shape index (κ2) is 5.74. The van der Waals surface area contributed by atoms with Crippen LogP contribution in [-0.4, -0.2) is 46.3 Å². The molecule has 1 saturated heterocycles. The molecule has 1 aromatic heterocycles. The third-order valence-corrected chi connectivity index (χ3v) is 3.69. The normalized spacial score (nSPS) is 19.8. The Hall–Kier alpha value is -1.36. The van der Waals surface area contributed by atoms with Crippen LogP contribution < -0.4 is 5.32 Å². The van der Waals surface area contributed by atoms with Gasteiger partial charge in [0.15, 0.2) is 0 Å². The van der Waals surface area contributed by atoms with E-state index in [0.717, 1.165) is 49.6 Å². The van der Waals surface area contributed by atoms with Crippen molar-refractivity contribution in [2.75, 3.05) is 19.6 Å². The molecule has 0 aromatic carbocycles. The minimum absolute atomic E-state index is 0.130. The molecule has 1 aliphatic heterocycles. The lowest BCUT2D eigenvalue weighted by Crippen LogP contribution is -2.51. The number of hydrogen-bond acceptors (Lipinski definition) is 3. The highest BCUT2D eigenvalue weighted by Crippen LogP contribution is 2.17. The summed E-state index contributed by atoms with van der Waals surface area (Å²) in [6.07, 6.45) is 1.03. The van der Waals surface area contributed by atoms with E-state index in [-0.39, 0.29) is 5.91 Å². The van der Waals surface area contributed by atoms with Crippen LogP contribution in [0.2, 0.25) is 0 Å². The van der Waals surface area contributed by atoms with Crippen LogP contribution in [0, 0.1) is 13.8 Å². The highest BCUT2D eigenvalue weighted by molar-refractivity contribution is 5.96. The lowest BCUT2D eigenvalue weighted by molar-refractivity contribution is 0.0707. The Morgan fingerprint density at radius 2 is 2.21 bits per heavy atom. The molecule has 2 rings (SSSR count). The molecule has 1 aliphatic rings. The smallest absolute Gasteiger partial charge is 0.257 e. The molecule has 5 nitrogen and oxygen atoms in total. The summed E-state index contributed by atoms with van der Waals surface area (Å²) in [6.45, 7) is 11.5. The van der Waals surface area contributed by atoms with Crippen LogP contribution in [0.4, 0.5) is 0 Å². The molecule has 106 valence electrons. The van der Waals surface area contributed by atoms with Crippen molar-refractivity contribution in [2.24, 2.45) is 0 Å². The van der Waals surface area contributed by atoms with E-state index < -0.39 is 0 Å². The molecule has 2 heterocycles. The monoisotopic (exact) mass is 264 g/mol. The molecule has 0 radical (unpaired) electrons. The number of piperazine rings is 1. The predicted octanol–water partition coefficient (Wildman–Crippen LogP) is 1.34. The van der Waals surface area contributed by atoms with E-state index in [1.54, 1.807) is 0 Å². The van der Waals surface area contributed by atoms with E-state index in [4.69, 9.17) is 0 Å². The highest BCUT2D eigenvalue weighted by atomic mass is 16.2. The minimum atomic E-state index is 0.130. The maximum atomic E-state index is 12.6. The lowest BCUT2D eigenvalue weighted by Gasteiger charge is -2.32. The molecule has 1 fully saturated rings. The number of amides is 1. The average molecular weight is 264 g/mol. The van der Waals surface area contributed by atoms with E-state index in [1.807, 2.05) is 23.4 Å². The Morgan fingerprint density at radius 1 is 1.47 bits per heavy atom. The molecular weight excluding hydrogens is 240 g/mol. The van der Waals surface area contributed by atoms with Crippen molar-refractivity contribution in [1.82, 2.24) is 20.0 Å². The Morgan fingerprint density at radius 3 is 2.84 bits per heavy atom. The molecule has 19 heavy (non-hydrogen) atoms. The largest absolute Gasteiger partial charge is 0.336 e. The van der Waals surface area contributed by atoms with E-state index >= 15 is 0 Å². The number of aryl methyl sites for hydroxylation is 2. The molecule has 0 saturated carbocycles. The fraction of sp³-hybridized carbons (Fsp3) is 0.714. The van der Waals surface area contributed by atoms with Gasteiger partial charge in [0.25, 0.3) is 5.91 Å². The number of nitrogens with zero attached hydrogens (tertiary/aromatic N) is 3. The number of aromatic nitrogens is 2. The minimum Gasteiger partial charge on any atom is -0.336 e. The summed E-state index contributed by atoms with van der Waals surface area (Å²) in [5, 5.41) is 7.85. The van der Waals surface area contributed by atoms with Crippen molar-refractivity contribution in [1.29, 1.82) is 0 Å². The van der Waals surface area contributed by atoms with Crippen LogP contribution in [0.1, 0.15) is 42.0 Å². The van der Waals surface area contributed by atoms with Gasteiger partial charge in [0.05, 0.1) is 11.3 Å². The summed E-state index contributed by atoms with van der Waals surface area (Å²) in [7, 11) is 0. The first-order chi connectivity index (χ1) is 9.04. The molecule has 5 heteroatoms. The molecular formula is C14H24N4O. The average Bonchev–Trinajstić information content (AvgIpc) is 2.64. The second-order valence-electron chi connectivity index (χ2n) is 5.38. The van der Waals surface area contributed by atoms with Gasteiger partial charge in [-0.05, 0) is 27.2 Å². The van der Waals surface area contributed by atoms with Gasteiger partial charge in [-0.15, -0.1) is 0 Å². The van der Waals surface area contributed by atoms with Gasteiger partial charge >= 0.3 is 0 Å². The van der Waals surface area contributed by atoms with Gasteiger partial charge < -0.3 is 10.2 Å². The number of nitrogens with one attached hydrogen (secondary N) is 1. The highest BCUT2D eigenvalue weighted by Gasteiger charge is 2.26. The zero-order valence-electron chi connectivity index (χ0n) is 12.4. The van der Waals surface area contributed by atoms with Crippen LogP contribution in [0.3, 0.4) is 0 Å². The maximum Gasteiger partial charge on any atom is 0.257 e. The van der Waals surface area contributed by atoms with Crippen LogP contribution in [-0.2, 0) is 6.54 Å². The Kier molecular flexibility index (Phi) is 4.24. The van der Waals surface area contributed by atoms with Gasteiger partial charge in [0.1, 0.15) is 0 Å². The van der Waals surface area contributed by atoms with E-state index in [2.05, 4.69) is 24.3 Å². The second-order valence-corrected chi connectivity index (χ2v) is 5.38. The van der Waals surface area contributed by atoms with Gasteiger partial charge in [-0.2, -0.15) is 5.10 Å². The molecule has 0 aliphatic carbocycles. The van der Waals surface area contributed by atoms with Gasteiger partial charge in [0.2, 0.25) is 0 Å². The van der Waals surface area contributed by atoms with Gasteiger partial charge in [-0.3, -0.25) is 9.48 Å². The van der Waals surface area contributed by atoms with Crippen molar-refractivity contribution in [2.45, 2.75) is 46.7 Å². The van der Waals surface area contributed by atoms with Crippen molar-refractivity contribution in [3.8, 4) is 0 Å². The predicted molar refractivity (Wildman–Crippen MR) is 75.4 cm³/mol. The lowest BCUT2D eigenvalue weighted by atomic mass is 10.1. The summed E-state index contributed by atoms with van der Waals surface area (Å²) < 4.78 is 1.95. The molecule has 1 atom stereocenters.